The van der Waals surface area contributed by atoms with Gasteiger partial charge in [0.05, 0.1) is 0 Å². The minimum Gasteiger partial charge on any atom is -0.204 e. The maximum Gasteiger partial charge on any atom is 0.161 e. The molecule has 0 bridgehead atoms. The first-order valence-electron chi connectivity index (χ1n) is 7.24. The third-order valence-electron chi connectivity index (χ3n) is 2.29. The van der Waals surface area contributed by atoms with E-state index in [0.29, 0.717) is 11.1 Å². The zero-order valence-corrected chi connectivity index (χ0v) is 14.0. The summed E-state index contributed by atoms with van der Waals surface area (Å²) in [6.45, 7) is 11.1. The average molecular weight is 316 g/mol. The molecular formula is C18H24F4. The summed E-state index contributed by atoms with van der Waals surface area (Å²) in [5, 5.41) is 0. The minimum absolute atomic E-state index is 0.343. The molecule has 0 fully saturated rings. The van der Waals surface area contributed by atoms with Crippen LogP contribution in [-0.4, -0.2) is 0 Å². The van der Waals surface area contributed by atoms with Crippen molar-refractivity contribution in [2.24, 2.45) is 0 Å². The molecule has 0 saturated heterocycles. The lowest BCUT2D eigenvalue weighted by Crippen LogP contribution is -1.85. The molecule has 124 valence electrons. The predicted molar refractivity (Wildman–Crippen MR) is 84.9 cm³/mol. The Kier molecular flexibility index (Phi) is 13.1. The van der Waals surface area contributed by atoms with Gasteiger partial charge in [-0.3, -0.25) is 0 Å². The molecule has 0 aliphatic carbocycles. The largest absolute Gasteiger partial charge is 0.204 e. The van der Waals surface area contributed by atoms with E-state index in [-0.39, 0.29) is 0 Å². The molecule has 0 amide bonds. The molecule has 4 heteroatoms. The number of rotatable bonds is 0. The van der Waals surface area contributed by atoms with Gasteiger partial charge in [0.25, 0.3) is 0 Å². The van der Waals surface area contributed by atoms with E-state index in [9.17, 15) is 17.6 Å². The van der Waals surface area contributed by atoms with Gasteiger partial charge in [-0.25, -0.2) is 17.6 Å². The van der Waals surface area contributed by atoms with Crippen LogP contribution in [0.5, 0.6) is 0 Å². The summed E-state index contributed by atoms with van der Waals surface area (Å²) >= 11 is 0. The molecule has 0 aliphatic heterocycles. The van der Waals surface area contributed by atoms with E-state index < -0.39 is 23.3 Å². The lowest BCUT2D eigenvalue weighted by atomic mass is 10.2. The van der Waals surface area contributed by atoms with E-state index in [0.717, 1.165) is 12.1 Å². The maximum absolute atomic E-state index is 12.4. The Labute approximate surface area is 130 Å². The lowest BCUT2D eigenvalue weighted by molar-refractivity contribution is 0.503. The molecule has 0 unspecified atom stereocenters. The minimum atomic E-state index is -0.782. The van der Waals surface area contributed by atoms with Crippen molar-refractivity contribution in [3.05, 3.63) is 70.8 Å². The van der Waals surface area contributed by atoms with Gasteiger partial charge < -0.3 is 0 Å². The lowest BCUT2D eigenvalue weighted by Gasteiger charge is -1.93. The van der Waals surface area contributed by atoms with Crippen molar-refractivity contribution in [2.45, 2.75) is 41.5 Å². The highest BCUT2D eigenvalue weighted by atomic mass is 19.2. The van der Waals surface area contributed by atoms with Crippen LogP contribution in [0.1, 0.15) is 38.8 Å². The van der Waals surface area contributed by atoms with Crippen LogP contribution in [0.3, 0.4) is 0 Å². The highest BCUT2D eigenvalue weighted by molar-refractivity contribution is 5.17. The Morgan fingerprint density at radius 2 is 0.818 bits per heavy atom. The number of aryl methyl sites for hydroxylation is 2. The van der Waals surface area contributed by atoms with Crippen molar-refractivity contribution in [1.82, 2.24) is 0 Å². The van der Waals surface area contributed by atoms with Crippen LogP contribution in [0.2, 0.25) is 0 Å². The van der Waals surface area contributed by atoms with Gasteiger partial charge in [-0.05, 0) is 37.1 Å². The maximum atomic E-state index is 12.4. The van der Waals surface area contributed by atoms with Gasteiger partial charge in [0.2, 0.25) is 0 Å². The van der Waals surface area contributed by atoms with Crippen molar-refractivity contribution in [1.29, 1.82) is 0 Å². The second-order valence-electron chi connectivity index (χ2n) is 3.74. The number of hydrogen-bond acceptors (Lipinski definition) is 0. The third-order valence-corrected chi connectivity index (χ3v) is 2.29. The number of hydrogen-bond donors (Lipinski definition) is 0. The Morgan fingerprint density at radius 1 is 0.545 bits per heavy atom. The predicted octanol–water partition coefficient (Wildman–Crippen LogP) is 6.60. The standard InChI is InChI=1S/2C7H6F2.2C2H6/c2*1-5-3-2-4-6(8)7(5)9;2*1-2/h2*2-4H,1H3;2*1-2H3. The summed E-state index contributed by atoms with van der Waals surface area (Å²) in [4.78, 5) is 0. The van der Waals surface area contributed by atoms with E-state index in [2.05, 4.69) is 0 Å². The van der Waals surface area contributed by atoms with Gasteiger partial charge in [-0.15, -0.1) is 0 Å². The quantitative estimate of drug-likeness (QED) is 0.480. The molecule has 0 N–H and O–H groups in total. The Bertz CT molecular complexity index is 447. The molecule has 0 atom stereocenters. The molecule has 0 spiro atoms. The summed E-state index contributed by atoms with van der Waals surface area (Å²) in [5.74, 6) is -3.07. The molecular weight excluding hydrogens is 292 g/mol. The summed E-state index contributed by atoms with van der Waals surface area (Å²) in [6.07, 6.45) is 0. The average Bonchev–Trinajstić information content (AvgIpc) is 2.55. The molecule has 0 nitrogen and oxygen atoms in total. The zero-order chi connectivity index (χ0) is 17.7. The van der Waals surface area contributed by atoms with Gasteiger partial charge >= 0.3 is 0 Å². The van der Waals surface area contributed by atoms with Crippen LogP contribution in [0.15, 0.2) is 36.4 Å². The van der Waals surface area contributed by atoms with Crippen molar-refractivity contribution in [2.75, 3.05) is 0 Å². The van der Waals surface area contributed by atoms with Crippen LogP contribution < -0.4 is 0 Å². The van der Waals surface area contributed by atoms with Gasteiger partial charge in [0.1, 0.15) is 0 Å². The Hall–Kier alpha value is -1.84. The van der Waals surface area contributed by atoms with Crippen LogP contribution in [0.25, 0.3) is 0 Å². The summed E-state index contributed by atoms with van der Waals surface area (Å²) in [5.41, 5.74) is 0.685. The first-order valence-corrected chi connectivity index (χ1v) is 7.24. The van der Waals surface area contributed by atoms with Gasteiger partial charge in [0, 0.05) is 0 Å². The first kappa shape index (κ1) is 22.4. The molecule has 2 aromatic rings. The van der Waals surface area contributed by atoms with E-state index >= 15 is 0 Å². The van der Waals surface area contributed by atoms with E-state index in [4.69, 9.17) is 0 Å². The van der Waals surface area contributed by atoms with Crippen molar-refractivity contribution < 1.29 is 17.6 Å². The zero-order valence-electron chi connectivity index (χ0n) is 14.0. The van der Waals surface area contributed by atoms with Gasteiger partial charge in [-0.1, -0.05) is 52.0 Å². The van der Waals surface area contributed by atoms with Crippen LogP contribution in [0, 0.1) is 37.1 Å². The van der Waals surface area contributed by atoms with Crippen molar-refractivity contribution in [3.63, 3.8) is 0 Å². The second-order valence-corrected chi connectivity index (χ2v) is 3.74. The highest BCUT2D eigenvalue weighted by Crippen LogP contribution is 2.09. The van der Waals surface area contributed by atoms with Crippen molar-refractivity contribution >= 4 is 0 Å². The number of halogens is 4. The van der Waals surface area contributed by atoms with E-state index in [1.54, 1.807) is 0 Å². The molecule has 2 aromatic carbocycles. The van der Waals surface area contributed by atoms with E-state index in [1.807, 2.05) is 27.7 Å². The monoisotopic (exact) mass is 316 g/mol. The fourth-order valence-electron chi connectivity index (χ4n) is 1.22. The van der Waals surface area contributed by atoms with Crippen molar-refractivity contribution in [3.8, 4) is 0 Å². The molecule has 0 radical (unpaired) electrons. The summed E-state index contributed by atoms with van der Waals surface area (Å²) in [6, 6.07) is 8.21. The first-order chi connectivity index (χ1) is 10.4. The molecule has 0 heterocycles. The second kappa shape index (κ2) is 12.9. The fourth-order valence-corrected chi connectivity index (χ4v) is 1.22. The summed E-state index contributed by atoms with van der Waals surface area (Å²) in [7, 11) is 0. The van der Waals surface area contributed by atoms with Crippen LogP contribution in [0.4, 0.5) is 17.6 Å². The topological polar surface area (TPSA) is 0 Å². The molecule has 2 rings (SSSR count). The fraction of sp³-hybridized carbons (Fsp3) is 0.333. The van der Waals surface area contributed by atoms with Gasteiger partial charge in [-0.2, -0.15) is 0 Å². The molecule has 22 heavy (non-hydrogen) atoms. The number of benzene rings is 2. The smallest absolute Gasteiger partial charge is 0.161 e. The molecule has 0 aliphatic rings. The molecule has 0 aromatic heterocycles. The van der Waals surface area contributed by atoms with E-state index in [1.165, 1.54) is 38.1 Å². The van der Waals surface area contributed by atoms with Gasteiger partial charge in [0.15, 0.2) is 23.3 Å². The highest BCUT2D eigenvalue weighted by Gasteiger charge is 2.01. The third kappa shape index (κ3) is 7.81. The summed E-state index contributed by atoms with van der Waals surface area (Å²) < 4.78 is 49.1. The Balaban J connectivity index is 0. The Morgan fingerprint density at radius 3 is 1.00 bits per heavy atom. The van der Waals surface area contributed by atoms with Crippen LogP contribution >= 0.6 is 0 Å². The normalized spacial score (nSPS) is 8.45. The molecule has 0 saturated carbocycles. The van der Waals surface area contributed by atoms with Crippen LogP contribution in [-0.2, 0) is 0 Å². The SMILES string of the molecule is CC.CC.Cc1cccc(F)c1F.Cc1cccc(F)c1F.